The number of anilines is 1. The van der Waals surface area contributed by atoms with Crippen molar-refractivity contribution in [1.82, 2.24) is 35.1 Å². The van der Waals surface area contributed by atoms with Gasteiger partial charge in [0.2, 0.25) is 0 Å². The second-order valence-corrected chi connectivity index (χ2v) is 11.5. The Labute approximate surface area is 259 Å². The molecule has 43 heavy (non-hydrogen) atoms. The van der Waals surface area contributed by atoms with Crippen LogP contribution in [-0.2, 0) is 12.5 Å². The summed E-state index contributed by atoms with van der Waals surface area (Å²) in [6, 6.07) is 7.73. The number of carbonyl (C=O) groups excluding carboxylic acids is 2. The van der Waals surface area contributed by atoms with Gasteiger partial charge in [-0.3, -0.25) is 9.59 Å². The smallest absolute Gasteiger partial charge is 0.352 e. The van der Waals surface area contributed by atoms with Crippen molar-refractivity contribution in [3.8, 4) is 5.82 Å². The maximum atomic E-state index is 13.7. The summed E-state index contributed by atoms with van der Waals surface area (Å²) in [5.41, 5.74) is -0.575. The number of nitrogens with zero attached hydrogens (tertiary/aromatic N) is 6. The molecule has 4 aromatic rings. The number of hydrogen-bond donors (Lipinski definition) is 2. The maximum Gasteiger partial charge on any atom is 0.459 e. The van der Waals surface area contributed by atoms with Crippen molar-refractivity contribution in [2.24, 2.45) is 5.92 Å². The van der Waals surface area contributed by atoms with Crippen LogP contribution in [0.2, 0.25) is 5.02 Å². The van der Waals surface area contributed by atoms with E-state index in [1.165, 1.54) is 18.3 Å². The van der Waals surface area contributed by atoms with Gasteiger partial charge in [0.25, 0.3) is 11.8 Å². The van der Waals surface area contributed by atoms with E-state index in [0.29, 0.717) is 29.0 Å². The van der Waals surface area contributed by atoms with Crippen molar-refractivity contribution in [2.75, 3.05) is 11.9 Å². The topological polar surface area (TPSA) is 120 Å². The highest BCUT2D eigenvalue weighted by Crippen LogP contribution is 2.42. The molecule has 0 radical (unpaired) electrons. The second kappa shape index (κ2) is 11.8. The standard InChI is InChI=1S/C26H21ClF5IN8O2/c1-13-7-15(33)8-17(23(42)35-10-14-4-5-14)21(13)37-24(43)19-9-16(38-41(19)22-18(27)3-2-6-34-22)12-40-36-11-20(39-40)25(28,29)26(30,31)32/h2-3,6-9,11,14H,4-5,10,12H2,1H3,(H,35,42)(H,37,43). The van der Waals surface area contributed by atoms with E-state index in [4.69, 9.17) is 11.6 Å². The molecule has 1 saturated carbocycles. The number of nitrogens with one attached hydrogen (secondary N) is 2. The third kappa shape index (κ3) is 6.63. The van der Waals surface area contributed by atoms with Gasteiger partial charge in [0, 0.05) is 16.3 Å². The fraction of sp³-hybridized carbons (Fsp3) is 0.308. The van der Waals surface area contributed by atoms with E-state index in [2.05, 4.69) is 53.5 Å². The number of alkyl halides is 5. The summed E-state index contributed by atoms with van der Waals surface area (Å²) in [7, 11) is 0. The molecule has 0 atom stereocenters. The third-order valence-electron chi connectivity index (χ3n) is 6.48. The SMILES string of the molecule is Cc1cc(I)cc(C(=O)NCC2CC2)c1NC(=O)c1cc(Cn2ncc(C(F)(F)C(F)(F)F)n2)nn1-c1ncccc1Cl. The van der Waals surface area contributed by atoms with Crippen LogP contribution >= 0.6 is 34.2 Å². The van der Waals surface area contributed by atoms with Gasteiger partial charge in [-0.2, -0.15) is 42.0 Å². The zero-order chi connectivity index (χ0) is 31.1. The van der Waals surface area contributed by atoms with Gasteiger partial charge in [-0.25, -0.2) is 9.67 Å². The largest absolute Gasteiger partial charge is 0.459 e. The van der Waals surface area contributed by atoms with Crippen molar-refractivity contribution >= 4 is 51.7 Å². The zero-order valence-electron chi connectivity index (χ0n) is 22.1. The van der Waals surface area contributed by atoms with Crippen molar-refractivity contribution < 1.29 is 31.5 Å². The number of benzene rings is 1. The number of aryl methyl sites for hydroxylation is 1. The molecule has 5 rings (SSSR count). The Morgan fingerprint density at radius 3 is 2.53 bits per heavy atom. The molecular weight excluding hydrogens is 714 g/mol. The average molecular weight is 735 g/mol. The summed E-state index contributed by atoms with van der Waals surface area (Å²) in [6.07, 6.45) is -2.08. The van der Waals surface area contributed by atoms with Gasteiger partial charge in [-0.05, 0) is 84.2 Å². The number of aromatic nitrogens is 6. The lowest BCUT2D eigenvalue weighted by Gasteiger charge is -2.16. The van der Waals surface area contributed by atoms with E-state index >= 15 is 0 Å². The first-order valence-corrected chi connectivity index (χ1v) is 14.1. The Bertz CT molecular complexity index is 1700. The normalized spacial score (nSPS) is 13.7. The summed E-state index contributed by atoms with van der Waals surface area (Å²) in [6.45, 7) is 1.78. The van der Waals surface area contributed by atoms with Gasteiger partial charge in [0.15, 0.2) is 11.5 Å². The number of rotatable bonds is 9. The molecule has 10 nitrogen and oxygen atoms in total. The Balaban J connectivity index is 1.48. The highest BCUT2D eigenvalue weighted by molar-refractivity contribution is 14.1. The first-order valence-electron chi connectivity index (χ1n) is 12.7. The van der Waals surface area contributed by atoms with Crippen LogP contribution in [0.5, 0.6) is 0 Å². The van der Waals surface area contributed by atoms with Gasteiger partial charge in [0.05, 0.1) is 28.2 Å². The predicted octanol–water partition coefficient (Wildman–Crippen LogP) is 5.52. The molecular formula is C26H21ClF5IN8O2. The van der Waals surface area contributed by atoms with Gasteiger partial charge in [-0.1, -0.05) is 11.6 Å². The van der Waals surface area contributed by atoms with Gasteiger partial charge < -0.3 is 10.6 Å². The van der Waals surface area contributed by atoms with E-state index in [-0.39, 0.29) is 39.4 Å². The molecule has 17 heteroatoms. The lowest BCUT2D eigenvalue weighted by atomic mass is 10.1. The Hall–Kier alpha value is -3.67. The van der Waals surface area contributed by atoms with Gasteiger partial charge >= 0.3 is 12.1 Å². The molecule has 3 aromatic heterocycles. The minimum atomic E-state index is -5.86. The van der Waals surface area contributed by atoms with Crippen LogP contribution in [0.4, 0.5) is 27.6 Å². The number of hydrogen-bond acceptors (Lipinski definition) is 6. The fourth-order valence-corrected chi connectivity index (χ4v) is 5.07. The molecule has 226 valence electrons. The number of halogens is 7. The molecule has 0 saturated heterocycles. The first kappa shape index (κ1) is 30.8. The summed E-state index contributed by atoms with van der Waals surface area (Å²) in [4.78, 5) is 31.5. The maximum absolute atomic E-state index is 13.7. The lowest BCUT2D eigenvalue weighted by Crippen LogP contribution is -2.34. The number of pyridine rings is 1. The zero-order valence-corrected chi connectivity index (χ0v) is 25.0. The summed E-state index contributed by atoms with van der Waals surface area (Å²) >= 11 is 8.38. The van der Waals surface area contributed by atoms with Crippen molar-refractivity contribution in [1.29, 1.82) is 0 Å². The monoisotopic (exact) mass is 734 g/mol. The number of carbonyl (C=O) groups is 2. The van der Waals surface area contributed by atoms with Crippen LogP contribution in [0, 0.1) is 16.4 Å². The molecule has 0 spiro atoms. The van der Waals surface area contributed by atoms with E-state index < -0.39 is 30.2 Å². The van der Waals surface area contributed by atoms with Crippen molar-refractivity contribution in [3.05, 3.63) is 79.5 Å². The first-order chi connectivity index (χ1) is 20.2. The van der Waals surface area contributed by atoms with Crippen LogP contribution in [-0.4, -0.2) is 54.3 Å². The van der Waals surface area contributed by atoms with E-state index in [1.54, 1.807) is 25.1 Å². The molecule has 3 heterocycles. The lowest BCUT2D eigenvalue weighted by molar-refractivity contribution is -0.291. The van der Waals surface area contributed by atoms with Crippen LogP contribution in [0.3, 0.4) is 0 Å². The molecule has 2 amide bonds. The fourth-order valence-electron chi connectivity index (χ4n) is 4.09. The van der Waals surface area contributed by atoms with Crippen LogP contribution in [0.1, 0.15) is 50.6 Å². The van der Waals surface area contributed by atoms with E-state index in [9.17, 15) is 31.5 Å². The highest BCUT2D eigenvalue weighted by atomic mass is 127. The average Bonchev–Trinajstić information content (AvgIpc) is 3.48. The number of amides is 2. The molecule has 0 bridgehead atoms. The van der Waals surface area contributed by atoms with Crippen LogP contribution in [0.25, 0.3) is 5.82 Å². The van der Waals surface area contributed by atoms with Crippen LogP contribution < -0.4 is 10.6 Å². The minimum Gasteiger partial charge on any atom is -0.352 e. The highest BCUT2D eigenvalue weighted by Gasteiger charge is 2.60. The Kier molecular flexibility index (Phi) is 8.43. The summed E-state index contributed by atoms with van der Waals surface area (Å²) in [5, 5.41) is 16.8. The van der Waals surface area contributed by atoms with E-state index in [0.717, 1.165) is 21.1 Å². The summed E-state index contributed by atoms with van der Waals surface area (Å²) < 4.78 is 67.7. The van der Waals surface area contributed by atoms with Crippen molar-refractivity contribution in [2.45, 2.75) is 38.4 Å². The van der Waals surface area contributed by atoms with Gasteiger partial charge in [0.1, 0.15) is 12.2 Å². The van der Waals surface area contributed by atoms with E-state index in [1.807, 2.05) is 0 Å². The Morgan fingerprint density at radius 1 is 1.12 bits per heavy atom. The Morgan fingerprint density at radius 2 is 1.86 bits per heavy atom. The molecule has 1 aliphatic rings. The molecule has 0 unspecified atom stereocenters. The van der Waals surface area contributed by atoms with Crippen LogP contribution in [0.15, 0.2) is 42.7 Å². The molecule has 1 aromatic carbocycles. The predicted molar refractivity (Wildman–Crippen MR) is 152 cm³/mol. The van der Waals surface area contributed by atoms with Gasteiger partial charge in [-0.15, -0.1) is 0 Å². The molecule has 1 fully saturated rings. The van der Waals surface area contributed by atoms with Crippen molar-refractivity contribution in [3.63, 3.8) is 0 Å². The molecule has 1 aliphatic carbocycles. The molecule has 2 N–H and O–H groups in total. The quantitative estimate of drug-likeness (QED) is 0.173. The summed E-state index contributed by atoms with van der Waals surface area (Å²) in [5.74, 6) is -5.83. The second-order valence-electron chi connectivity index (χ2n) is 9.83. The minimum absolute atomic E-state index is 0.0195. The molecule has 0 aliphatic heterocycles. The third-order valence-corrected chi connectivity index (χ3v) is 7.40.